The van der Waals surface area contributed by atoms with Crippen molar-refractivity contribution >= 4 is 0 Å². The van der Waals surface area contributed by atoms with Crippen molar-refractivity contribution in [1.29, 1.82) is 0 Å². The third-order valence-electron chi connectivity index (χ3n) is 10.8. The fraction of sp³-hybridized carbons (Fsp3) is 0.818. The molecule has 0 amide bonds. The van der Waals surface area contributed by atoms with Crippen LogP contribution in [0.4, 0.5) is 0 Å². The zero-order valence-corrected chi connectivity index (χ0v) is 31.5. The van der Waals surface area contributed by atoms with Crippen molar-refractivity contribution in [3.8, 4) is 0 Å². The molecule has 2 fully saturated rings. The summed E-state index contributed by atoms with van der Waals surface area (Å²) in [6, 6.07) is 0.728. The van der Waals surface area contributed by atoms with Crippen molar-refractivity contribution in [2.45, 2.75) is 211 Å². The van der Waals surface area contributed by atoms with Gasteiger partial charge in [0.2, 0.25) is 0 Å². The normalized spacial score (nSPS) is 23.5. The van der Waals surface area contributed by atoms with Crippen molar-refractivity contribution in [3.05, 3.63) is 48.6 Å². The lowest BCUT2D eigenvalue weighted by Crippen LogP contribution is -2.32. The van der Waals surface area contributed by atoms with E-state index in [1.54, 1.807) is 0 Å². The molecule has 1 saturated carbocycles. The molecular weight excluding hydrogens is 558 g/mol. The predicted octanol–water partition coefficient (Wildman–Crippen LogP) is 13.9. The van der Waals surface area contributed by atoms with Gasteiger partial charge in [-0.05, 0) is 110 Å². The molecule has 2 heteroatoms. The second-order valence-corrected chi connectivity index (χ2v) is 15.2. The smallest absolute Gasteiger partial charge is 0.0690 e. The third-order valence-corrected chi connectivity index (χ3v) is 10.8. The summed E-state index contributed by atoms with van der Waals surface area (Å²) in [7, 11) is 4.51. The predicted molar refractivity (Wildman–Crippen MR) is 206 cm³/mol. The van der Waals surface area contributed by atoms with E-state index >= 15 is 0 Å². The van der Waals surface area contributed by atoms with E-state index in [0.29, 0.717) is 6.10 Å². The van der Waals surface area contributed by atoms with E-state index in [9.17, 15) is 0 Å². The van der Waals surface area contributed by atoms with E-state index in [1.165, 1.54) is 173 Å². The molecule has 2 aliphatic rings. The van der Waals surface area contributed by atoms with E-state index in [2.05, 4.69) is 81.5 Å². The summed E-state index contributed by atoms with van der Waals surface area (Å²) in [4.78, 5) is 2.44. The van der Waals surface area contributed by atoms with E-state index in [0.717, 1.165) is 18.4 Å². The van der Waals surface area contributed by atoms with Gasteiger partial charge in [0.25, 0.3) is 0 Å². The fourth-order valence-corrected chi connectivity index (χ4v) is 7.85. The molecule has 2 nitrogen and oxygen atoms in total. The van der Waals surface area contributed by atoms with Crippen LogP contribution >= 0.6 is 0 Å². The lowest BCUT2D eigenvalue weighted by atomic mass is 9.83. The fourth-order valence-electron chi connectivity index (χ4n) is 7.85. The minimum atomic E-state index is 0.191. The minimum absolute atomic E-state index is 0.191. The van der Waals surface area contributed by atoms with Gasteiger partial charge in [0.15, 0.2) is 0 Å². The molecule has 0 spiro atoms. The van der Waals surface area contributed by atoms with Gasteiger partial charge in [-0.15, -0.1) is 0 Å². The van der Waals surface area contributed by atoms with Gasteiger partial charge < -0.3 is 9.64 Å². The maximum Gasteiger partial charge on any atom is 0.0690 e. The Kier molecular flexibility index (Phi) is 24.8. The van der Waals surface area contributed by atoms with Crippen LogP contribution in [0.1, 0.15) is 194 Å². The number of fused-ring (bicyclic) bond motifs is 1. The van der Waals surface area contributed by atoms with E-state index in [1.807, 2.05) is 0 Å². The molecule has 0 aromatic carbocycles. The summed E-state index contributed by atoms with van der Waals surface area (Å²) in [5, 5.41) is 0. The maximum absolute atomic E-state index is 7.04. The van der Waals surface area contributed by atoms with Crippen LogP contribution in [0.2, 0.25) is 0 Å². The van der Waals surface area contributed by atoms with Crippen LogP contribution in [0.15, 0.2) is 48.6 Å². The van der Waals surface area contributed by atoms with Crippen molar-refractivity contribution in [2.24, 2.45) is 5.92 Å². The Morgan fingerprint density at radius 1 is 0.543 bits per heavy atom. The lowest BCUT2D eigenvalue weighted by Gasteiger charge is -2.32. The summed E-state index contributed by atoms with van der Waals surface area (Å²) in [5.74, 6) is 0.802. The number of allylic oxidation sites excluding steroid dienone is 8. The summed E-state index contributed by atoms with van der Waals surface area (Å²) < 4.78 is 7.04. The molecule has 46 heavy (non-hydrogen) atoms. The van der Waals surface area contributed by atoms with Gasteiger partial charge in [0.05, 0.1) is 11.7 Å². The third kappa shape index (κ3) is 19.6. The van der Waals surface area contributed by atoms with Gasteiger partial charge in [-0.25, -0.2) is 0 Å². The highest BCUT2D eigenvalue weighted by atomic mass is 16.5. The molecule has 4 unspecified atom stereocenters. The second kappa shape index (κ2) is 27.8. The van der Waals surface area contributed by atoms with Crippen LogP contribution in [0.3, 0.4) is 0 Å². The summed E-state index contributed by atoms with van der Waals surface area (Å²) in [6.45, 7) is 4.55. The first-order valence-corrected chi connectivity index (χ1v) is 20.6. The van der Waals surface area contributed by atoms with Crippen molar-refractivity contribution in [3.63, 3.8) is 0 Å². The minimum Gasteiger partial charge on any atom is -0.371 e. The maximum atomic E-state index is 7.04. The molecule has 0 radical (unpaired) electrons. The Labute approximate surface area is 289 Å². The Bertz CT molecular complexity index is 793. The molecule has 0 bridgehead atoms. The van der Waals surface area contributed by atoms with Gasteiger partial charge in [0, 0.05) is 6.04 Å². The Hall–Kier alpha value is -1.12. The highest BCUT2D eigenvalue weighted by molar-refractivity contribution is 5.02. The van der Waals surface area contributed by atoms with E-state index in [-0.39, 0.29) is 5.60 Å². The van der Waals surface area contributed by atoms with Crippen molar-refractivity contribution < 1.29 is 4.74 Å². The van der Waals surface area contributed by atoms with E-state index < -0.39 is 0 Å². The molecule has 4 atom stereocenters. The molecule has 266 valence electrons. The average molecular weight is 638 g/mol. The molecule has 1 heterocycles. The van der Waals surface area contributed by atoms with Crippen LogP contribution in [0.25, 0.3) is 0 Å². The Balaban J connectivity index is 1.56. The van der Waals surface area contributed by atoms with Crippen molar-refractivity contribution in [1.82, 2.24) is 4.90 Å². The highest BCUT2D eigenvalue weighted by Crippen LogP contribution is 2.49. The Morgan fingerprint density at radius 3 is 1.48 bits per heavy atom. The van der Waals surface area contributed by atoms with Gasteiger partial charge in [-0.1, -0.05) is 152 Å². The summed E-state index contributed by atoms with van der Waals surface area (Å²) in [5.41, 5.74) is 0.191. The first-order valence-electron chi connectivity index (χ1n) is 20.6. The van der Waals surface area contributed by atoms with Gasteiger partial charge in [0.1, 0.15) is 0 Å². The summed E-state index contributed by atoms with van der Waals surface area (Å²) >= 11 is 0. The molecule has 0 aromatic rings. The number of unbranched alkanes of at least 4 members (excludes halogenated alkanes) is 18. The van der Waals surface area contributed by atoms with Crippen molar-refractivity contribution in [2.75, 3.05) is 14.1 Å². The van der Waals surface area contributed by atoms with Crippen LogP contribution < -0.4 is 0 Å². The number of hydrogen-bond donors (Lipinski definition) is 0. The number of ether oxygens (including phenoxy) is 1. The van der Waals surface area contributed by atoms with E-state index in [4.69, 9.17) is 4.74 Å². The topological polar surface area (TPSA) is 12.5 Å². The molecule has 2 rings (SSSR count). The molecule has 1 saturated heterocycles. The number of rotatable bonds is 30. The molecule has 0 N–H and O–H groups in total. The SMILES string of the molecule is CCCCC/C=C\C/C=C\CCCCCCCCC1(CCCCCCCC/C=C\C=C\CCCCC)CC2CC(N(C)C)CC2O1. The number of hydrogen-bond acceptors (Lipinski definition) is 2. The largest absolute Gasteiger partial charge is 0.371 e. The molecule has 1 aliphatic heterocycles. The number of nitrogens with zero attached hydrogens (tertiary/aromatic N) is 1. The lowest BCUT2D eigenvalue weighted by molar-refractivity contribution is -0.0590. The van der Waals surface area contributed by atoms with Crippen LogP contribution in [0, 0.1) is 5.92 Å². The standard InChI is InChI=1S/C44H79NO/c1-5-7-9-11-13-15-17-19-21-23-25-27-29-31-33-35-37-44(40-41-38-42(45(3)4)39-43(41)46-44)36-34-32-30-28-26-24-22-20-18-16-14-12-10-8-6-2/h13-16,18-21,41-43H,5-12,17,22-40H2,1-4H3/b15-13-,16-14+,20-18-,21-19-. The van der Waals surface area contributed by atoms with Gasteiger partial charge >= 0.3 is 0 Å². The first-order chi connectivity index (χ1) is 22.6. The molecular formula is C44H79NO. The summed E-state index contributed by atoms with van der Waals surface area (Å²) in [6.07, 6.45) is 56.5. The quantitative estimate of drug-likeness (QED) is 0.0441. The molecule has 0 aromatic heterocycles. The zero-order chi connectivity index (χ0) is 33.0. The zero-order valence-electron chi connectivity index (χ0n) is 31.5. The molecule has 1 aliphatic carbocycles. The van der Waals surface area contributed by atoms with Gasteiger partial charge in [-0.2, -0.15) is 0 Å². The second-order valence-electron chi connectivity index (χ2n) is 15.2. The average Bonchev–Trinajstić information content (AvgIpc) is 3.59. The van der Waals surface area contributed by atoms with Crippen LogP contribution in [0.5, 0.6) is 0 Å². The first kappa shape index (κ1) is 41.1. The highest BCUT2D eigenvalue weighted by Gasteiger charge is 2.50. The monoisotopic (exact) mass is 638 g/mol. The van der Waals surface area contributed by atoms with Crippen LogP contribution in [-0.2, 0) is 4.74 Å². The van der Waals surface area contributed by atoms with Crippen LogP contribution in [-0.4, -0.2) is 36.7 Å². The Morgan fingerprint density at radius 2 is 1.00 bits per heavy atom. The van der Waals surface area contributed by atoms with Gasteiger partial charge in [-0.3, -0.25) is 0 Å².